The fourth-order valence-electron chi connectivity index (χ4n) is 2.23. The number of benzene rings is 3. The molecule has 0 aromatic heterocycles. The maximum Gasteiger partial charge on any atom is 0.339 e. The summed E-state index contributed by atoms with van der Waals surface area (Å²) in [5.41, 5.74) is 0.851. The molecule has 0 fully saturated rings. The molecule has 0 saturated heterocycles. The lowest BCUT2D eigenvalue weighted by molar-refractivity contribution is 0.103. The molecular formula is C19H12F2O4S. The van der Waals surface area contributed by atoms with Crippen LogP contribution in [0, 0.1) is 11.6 Å². The first-order valence-electron chi connectivity index (χ1n) is 7.46. The molecule has 0 N–H and O–H groups in total. The van der Waals surface area contributed by atoms with Crippen molar-refractivity contribution in [2.45, 2.75) is 4.90 Å². The standard InChI is InChI=1S/C19H12F2O4S/c20-17-11-10-16(12-18(17)21)26(23,24)25-15-8-6-14(7-9-15)19(22)13-4-2-1-3-5-13/h1-12H. The molecule has 7 heteroatoms. The minimum atomic E-state index is -4.33. The van der Waals surface area contributed by atoms with Crippen molar-refractivity contribution in [2.75, 3.05) is 0 Å². The van der Waals surface area contributed by atoms with Gasteiger partial charge >= 0.3 is 10.1 Å². The Kier molecular flexibility index (Phi) is 4.81. The third-order valence-corrected chi connectivity index (χ3v) is 4.78. The van der Waals surface area contributed by atoms with E-state index >= 15 is 0 Å². The number of ketones is 1. The van der Waals surface area contributed by atoms with Crippen LogP contribution in [0.5, 0.6) is 5.75 Å². The van der Waals surface area contributed by atoms with Gasteiger partial charge in [-0.3, -0.25) is 4.79 Å². The zero-order valence-corrected chi connectivity index (χ0v) is 14.0. The zero-order chi connectivity index (χ0) is 18.7. The smallest absolute Gasteiger partial charge is 0.339 e. The quantitative estimate of drug-likeness (QED) is 0.501. The Bertz CT molecular complexity index is 1050. The van der Waals surface area contributed by atoms with E-state index in [4.69, 9.17) is 4.18 Å². The van der Waals surface area contributed by atoms with Gasteiger partial charge in [0, 0.05) is 11.1 Å². The van der Waals surface area contributed by atoms with Crippen LogP contribution in [0.1, 0.15) is 15.9 Å². The molecule has 0 saturated carbocycles. The van der Waals surface area contributed by atoms with E-state index < -0.39 is 26.6 Å². The highest BCUT2D eigenvalue weighted by Gasteiger charge is 2.19. The number of rotatable bonds is 5. The molecule has 0 heterocycles. The van der Waals surface area contributed by atoms with Gasteiger partial charge in [-0.25, -0.2) is 8.78 Å². The summed E-state index contributed by atoms with van der Waals surface area (Å²) in [4.78, 5) is 11.8. The van der Waals surface area contributed by atoms with Crippen molar-refractivity contribution in [3.05, 3.63) is 95.6 Å². The van der Waals surface area contributed by atoms with Gasteiger partial charge in [-0.1, -0.05) is 30.3 Å². The summed E-state index contributed by atoms with van der Waals surface area (Å²) < 4.78 is 55.3. The molecule has 0 bridgehead atoms. The van der Waals surface area contributed by atoms with Crippen molar-refractivity contribution in [1.29, 1.82) is 0 Å². The average Bonchev–Trinajstić information content (AvgIpc) is 2.64. The molecule has 3 rings (SSSR count). The Morgan fingerprint density at radius 1 is 0.769 bits per heavy atom. The largest absolute Gasteiger partial charge is 0.379 e. The van der Waals surface area contributed by atoms with Gasteiger partial charge in [0.15, 0.2) is 17.4 Å². The molecule has 0 aliphatic heterocycles. The number of carbonyl (C=O) groups excluding carboxylic acids is 1. The van der Waals surface area contributed by atoms with Crippen molar-refractivity contribution in [3.63, 3.8) is 0 Å². The van der Waals surface area contributed by atoms with E-state index in [9.17, 15) is 22.0 Å². The number of halogens is 2. The summed E-state index contributed by atoms with van der Waals surface area (Å²) in [7, 11) is -4.33. The summed E-state index contributed by atoms with van der Waals surface area (Å²) in [6, 6.07) is 16.2. The number of carbonyl (C=O) groups is 1. The summed E-state index contributed by atoms with van der Waals surface area (Å²) >= 11 is 0. The molecule has 0 radical (unpaired) electrons. The van der Waals surface area contributed by atoms with E-state index in [-0.39, 0.29) is 11.5 Å². The summed E-state index contributed by atoms with van der Waals surface area (Å²) in [6.45, 7) is 0. The minimum Gasteiger partial charge on any atom is -0.379 e. The van der Waals surface area contributed by atoms with Crippen LogP contribution >= 0.6 is 0 Å². The topological polar surface area (TPSA) is 60.4 Å². The molecule has 0 amide bonds. The highest BCUT2D eigenvalue weighted by atomic mass is 32.2. The minimum absolute atomic E-state index is 0.0562. The van der Waals surface area contributed by atoms with Gasteiger partial charge in [-0.05, 0) is 42.5 Å². The fourth-order valence-corrected chi connectivity index (χ4v) is 3.17. The summed E-state index contributed by atoms with van der Waals surface area (Å²) in [6.07, 6.45) is 0. The second-order valence-corrected chi connectivity index (χ2v) is 6.88. The van der Waals surface area contributed by atoms with E-state index in [1.54, 1.807) is 30.3 Å². The molecule has 4 nitrogen and oxygen atoms in total. The van der Waals surface area contributed by atoms with Crippen molar-refractivity contribution < 1.29 is 26.2 Å². The molecular weight excluding hydrogens is 362 g/mol. The molecule has 3 aromatic carbocycles. The second kappa shape index (κ2) is 7.05. The van der Waals surface area contributed by atoms with Gasteiger partial charge < -0.3 is 4.18 Å². The molecule has 132 valence electrons. The normalized spacial score (nSPS) is 11.2. The lowest BCUT2D eigenvalue weighted by atomic mass is 10.0. The summed E-state index contributed by atoms with van der Waals surface area (Å²) in [5, 5.41) is 0. The van der Waals surface area contributed by atoms with Crippen LogP contribution < -0.4 is 4.18 Å². The van der Waals surface area contributed by atoms with Crippen LogP contribution in [0.4, 0.5) is 8.78 Å². The van der Waals surface area contributed by atoms with Crippen molar-refractivity contribution in [2.24, 2.45) is 0 Å². The summed E-state index contributed by atoms with van der Waals surface area (Å²) in [5.74, 6) is -2.73. The first-order valence-corrected chi connectivity index (χ1v) is 8.87. The van der Waals surface area contributed by atoms with Crippen LogP contribution in [-0.2, 0) is 10.1 Å². The van der Waals surface area contributed by atoms with Crippen molar-refractivity contribution in [3.8, 4) is 5.75 Å². The van der Waals surface area contributed by atoms with Crippen molar-refractivity contribution >= 4 is 15.9 Å². The Balaban J connectivity index is 1.80. The third kappa shape index (κ3) is 3.78. The molecule has 0 atom stereocenters. The lowest BCUT2D eigenvalue weighted by Gasteiger charge is -2.08. The highest BCUT2D eigenvalue weighted by Crippen LogP contribution is 2.21. The lowest BCUT2D eigenvalue weighted by Crippen LogP contribution is -2.10. The number of hydrogen-bond acceptors (Lipinski definition) is 4. The van der Waals surface area contributed by atoms with Crippen LogP contribution in [0.3, 0.4) is 0 Å². The van der Waals surface area contributed by atoms with Gasteiger partial charge in [0.1, 0.15) is 10.6 Å². The Morgan fingerprint density at radius 2 is 1.38 bits per heavy atom. The van der Waals surface area contributed by atoms with E-state index in [1.807, 2.05) is 0 Å². The maximum absolute atomic E-state index is 13.2. The predicted molar refractivity (Wildman–Crippen MR) is 90.5 cm³/mol. The van der Waals surface area contributed by atoms with Gasteiger partial charge in [0.2, 0.25) is 0 Å². The molecule has 0 aliphatic carbocycles. The van der Waals surface area contributed by atoms with Gasteiger partial charge in [-0.15, -0.1) is 0 Å². The first-order chi connectivity index (χ1) is 12.4. The molecule has 3 aromatic rings. The molecule has 0 unspecified atom stereocenters. The first kappa shape index (κ1) is 17.8. The monoisotopic (exact) mass is 374 g/mol. The zero-order valence-electron chi connectivity index (χ0n) is 13.2. The van der Waals surface area contributed by atoms with E-state index in [0.29, 0.717) is 23.3 Å². The van der Waals surface area contributed by atoms with Gasteiger partial charge in [-0.2, -0.15) is 8.42 Å². The van der Waals surface area contributed by atoms with Crippen molar-refractivity contribution in [1.82, 2.24) is 0 Å². The van der Waals surface area contributed by atoms with Crippen LogP contribution in [0.2, 0.25) is 0 Å². The molecule has 0 aliphatic rings. The fraction of sp³-hybridized carbons (Fsp3) is 0. The van der Waals surface area contributed by atoms with E-state index in [0.717, 1.165) is 6.07 Å². The predicted octanol–water partition coefficient (Wildman–Crippen LogP) is 3.96. The SMILES string of the molecule is O=C(c1ccccc1)c1ccc(OS(=O)(=O)c2ccc(F)c(F)c2)cc1. The molecule has 0 spiro atoms. The van der Waals surface area contributed by atoms with Crippen LogP contribution in [0.15, 0.2) is 77.7 Å². The third-order valence-electron chi connectivity index (χ3n) is 3.54. The average molecular weight is 374 g/mol. The Labute approximate surface area is 148 Å². The maximum atomic E-state index is 13.2. The van der Waals surface area contributed by atoms with Crippen LogP contribution in [0.25, 0.3) is 0 Å². The highest BCUT2D eigenvalue weighted by molar-refractivity contribution is 7.87. The van der Waals surface area contributed by atoms with E-state index in [1.165, 1.54) is 24.3 Å². The van der Waals surface area contributed by atoms with Crippen LogP contribution in [-0.4, -0.2) is 14.2 Å². The van der Waals surface area contributed by atoms with Gasteiger partial charge in [0.05, 0.1) is 0 Å². The Morgan fingerprint density at radius 3 is 2.00 bits per heavy atom. The van der Waals surface area contributed by atoms with E-state index in [2.05, 4.69) is 0 Å². The number of hydrogen-bond donors (Lipinski definition) is 0. The Hall–Kier alpha value is -3.06. The second-order valence-electron chi connectivity index (χ2n) is 5.33. The van der Waals surface area contributed by atoms with Gasteiger partial charge in [0.25, 0.3) is 0 Å². The molecule has 26 heavy (non-hydrogen) atoms.